The molecule has 0 aliphatic carbocycles. The van der Waals surface area contributed by atoms with E-state index < -0.39 is 15.9 Å². The third-order valence-corrected chi connectivity index (χ3v) is 7.54. The van der Waals surface area contributed by atoms with Gasteiger partial charge in [-0.25, -0.2) is 8.42 Å². The summed E-state index contributed by atoms with van der Waals surface area (Å²) in [4.78, 5) is 16.6. The van der Waals surface area contributed by atoms with E-state index in [-0.39, 0.29) is 36.8 Å². The van der Waals surface area contributed by atoms with Crippen LogP contribution in [-0.2, 0) is 21.2 Å². The van der Waals surface area contributed by atoms with Crippen LogP contribution in [-0.4, -0.2) is 56.2 Å². The van der Waals surface area contributed by atoms with Gasteiger partial charge in [0.2, 0.25) is 12.7 Å². The SMILES string of the molecule is O=C1CN(Cc2ccc3c(c2)OCO3)C2CS(=O)(=O)CC2N1c1cccc(Cl)c1. The van der Waals surface area contributed by atoms with Gasteiger partial charge in [0.1, 0.15) is 0 Å². The average molecular weight is 435 g/mol. The van der Waals surface area contributed by atoms with Crippen molar-refractivity contribution in [2.24, 2.45) is 0 Å². The zero-order valence-electron chi connectivity index (χ0n) is 15.5. The topological polar surface area (TPSA) is 76.1 Å². The number of anilines is 1. The molecule has 0 bridgehead atoms. The molecule has 0 saturated carbocycles. The Labute approximate surface area is 173 Å². The van der Waals surface area contributed by atoms with Crippen molar-refractivity contribution in [2.45, 2.75) is 18.6 Å². The molecule has 2 fully saturated rings. The lowest BCUT2D eigenvalue weighted by Crippen LogP contribution is -2.61. The molecule has 0 N–H and O–H groups in total. The fourth-order valence-electron chi connectivity index (χ4n) is 4.37. The Morgan fingerprint density at radius 3 is 2.66 bits per heavy atom. The molecule has 7 nitrogen and oxygen atoms in total. The number of carbonyl (C=O) groups is 1. The monoisotopic (exact) mass is 434 g/mol. The molecule has 2 unspecified atom stereocenters. The van der Waals surface area contributed by atoms with E-state index in [1.807, 2.05) is 23.1 Å². The minimum Gasteiger partial charge on any atom is -0.454 e. The number of nitrogens with zero attached hydrogens (tertiary/aromatic N) is 2. The second-order valence-electron chi connectivity index (χ2n) is 7.55. The van der Waals surface area contributed by atoms with Gasteiger partial charge in [-0.1, -0.05) is 23.7 Å². The number of amides is 1. The van der Waals surface area contributed by atoms with Crippen LogP contribution in [0.3, 0.4) is 0 Å². The number of benzene rings is 2. The van der Waals surface area contributed by atoms with Gasteiger partial charge in [-0.15, -0.1) is 0 Å². The highest BCUT2D eigenvalue weighted by Crippen LogP contribution is 2.36. The molecule has 2 atom stereocenters. The minimum absolute atomic E-state index is 0.0343. The van der Waals surface area contributed by atoms with Gasteiger partial charge in [-0.05, 0) is 35.9 Å². The maximum Gasteiger partial charge on any atom is 0.241 e. The van der Waals surface area contributed by atoms with E-state index in [1.165, 1.54) is 0 Å². The zero-order valence-corrected chi connectivity index (χ0v) is 17.0. The number of rotatable bonds is 3. The molecule has 2 saturated heterocycles. The molecule has 9 heteroatoms. The highest BCUT2D eigenvalue weighted by Gasteiger charge is 2.49. The molecule has 2 aromatic rings. The highest BCUT2D eigenvalue weighted by atomic mass is 35.5. The van der Waals surface area contributed by atoms with Crippen molar-refractivity contribution < 1.29 is 22.7 Å². The summed E-state index contributed by atoms with van der Waals surface area (Å²) in [5.41, 5.74) is 1.58. The van der Waals surface area contributed by atoms with Gasteiger partial charge >= 0.3 is 0 Å². The van der Waals surface area contributed by atoms with E-state index in [0.717, 1.165) is 5.56 Å². The molecule has 3 heterocycles. The number of hydrogen-bond donors (Lipinski definition) is 0. The largest absolute Gasteiger partial charge is 0.454 e. The summed E-state index contributed by atoms with van der Waals surface area (Å²) in [6, 6.07) is 11.9. The molecule has 2 aromatic carbocycles. The van der Waals surface area contributed by atoms with Gasteiger partial charge in [-0.3, -0.25) is 9.69 Å². The van der Waals surface area contributed by atoms with E-state index in [4.69, 9.17) is 21.1 Å². The lowest BCUT2D eigenvalue weighted by atomic mass is 10.0. The van der Waals surface area contributed by atoms with Crippen LogP contribution < -0.4 is 14.4 Å². The predicted octanol–water partition coefficient (Wildman–Crippen LogP) is 2.08. The quantitative estimate of drug-likeness (QED) is 0.736. The van der Waals surface area contributed by atoms with E-state index in [1.54, 1.807) is 29.2 Å². The van der Waals surface area contributed by atoms with Gasteiger partial charge in [0.25, 0.3) is 0 Å². The number of hydrogen-bond acceptors (Lipinski definition) is 6. The average Bonchev–Trinajstić information content (AvgIpc) is 3.24. The van der Waals surface area contributed by atoms with Crippen molar-refractivity contribution in [1.29, 1.82) is 0 Å². The summed E-state index contributed by atoms with van der Waals surface area (Å²) in [5.74, 6) is 1.21. The first kappa shape index (κ1) is 18.7. The fraction of sp³-hybridized carbons (Fsp3) is 0.350. The van der Waals surface area contributed by atoms with Gasteiger partial charge in [0.05, 0.1) is 24.1 Å². The molecule has 3 aliphatic heterocycles. The lowest BCUT2D eigenvalue weighted by Gasteiger charge is -2.43. The second-order valence-corrected chi connectivity index (χ2v) is 10.1. The van der Waals surface area contributed by atoms with Crippen LogP contribution in [0.4, 0.5) is 5.69 Å². The van der Waals surface area contributed by atoms with Crippen molar-refractivity contribution in [3.63, 3.8) is 0 Å². The van der Waals surface area contributed by atoms with Crippen molar-refractivity contribution >= 4 is 33.0 Å². The van der Waals surface area contributed by atoms with Crippen molar-refractivity contribution in [2.75, 3.05) is 29.7 Å². The van der Waals surface area contributed by atoms with Crippen LogP contribution in [0.2, 0.25) is 5.02 Å². The van der Waals surface area contributed by atoms with Crippen molar-refractivity contribution in [3.8, 4) is 11.5 Å². The Hall–Kier alpha value is -2.29. The molecule has 5 rings (SSSR count). The van der Waals surface area contributed by atoms with Crippen LogP contribution >= 0.6 is 11.6 Å². The summed E-state index contributed by atoms with van der Waals surface area (Å²) >= 11 is 6.10. The smallest absolute Gasteiger partial charge is 0.241 e. The van der Waals surface area contributed by atoms with Gasteiger partial charge in [0.15, 0.2) is 21.3 Å². The fourth-order valence-corrected chi connectivity index (χ4v) is 6.53. The highest BCUT2D eigenvalue weighted by molar-refractivity contribution is 7.91. The Kier molecular flexibility index (Phi) is 4.45. The number of piperazine rings is 1. The normalized spacial score (nSPS) is 25.3. The second kappa shape index (κ2) is 6.90. The Morgan fingerprint density at radius 2 is 1.83 bits per heavy atom. The molecule has 29 heavy (non-hydrogen) atoms. The summed E-state index contributed by atoms with van der Waals surface area (Å²) in [7, 11) is -3.25. The Bertz CT molecular complexity index is 1090. The third kappa shape index (κ3) is 3.45. The molecule has 3 aliphatic rings. The van der Waals surface area contributed by atoms with E-state index >= 15 is 0 Å². The maximum absolute atomic E-state index is 13.0. The molecule has 152 valence electrons. The minimum atomic E-state index is -3.25. The van der Waals surface area contributed by atoms with E-state index in [9.17, 15) is 13.2 Å². The summed E-state index contributed by atoms with van der Waals surface area (Å²) in [6.07, 6.45) is 0. The van der Waals surface area contributed by atoms with Crippen molar-refractivity contribution in [1.82, 2.24) is 4.90 Å². The predicted molar refractivity (Wildman–Crippen MR) is 108 cm³/mol. The third-order valence-electron chi connectivity index (χ3n) is 5.61. The molecular formula is C20H19ClN2O5S. The van der Waals surface area contributed by atoms with E-state index in [2.05, 4.69) is 0 Å². The van der Waals surface area contributed by atoms with Gasteiger partial charge in [-0.2, -0.15) is 0 Å². The first-order valence-corrected chi connectivity index (χ1v) is 11.5. The van der Waals surface area contributed by atoms with Crippen LogP contribution in [0.25, 0.3) is 0 Å². The molecule has 0 spiro atoms. The summed E-state index contributed by atoms with van der Waals surface area (Å²) in [6.45, 7) is 0.790. The van der Waals surface area contributed by atoms with Gasteiger partial charge in [0, 0.05) is 23.3 Å². The maximum atomic E-state index is 13.0. The Balaban J connectivity index is 1.46. The molecule has 0 aromatic heterocycles. The van der Waals surface area contributed by atoms with E-state index in [0.29, 0.717) is 28.8 Å². The molecule has 1 amide bonds. The first-order chi connectivity index (χ1) is 13.9. The van der Waals surface area contributed by atoms with Crippen LogP contribution in [0.5, 0.6) is 11.5 Å². The van der Waals surface area contributed by atoms with Crippen LogP contribution in [0, 0.1) is 0 Å². The summed E-state index contributed by atoms with van der Waals surface area (Å²) in [5, 5.41) is 0.510. The lowest BCUT2D eigenvalue weighted by molar-refractivity contribution is -0.123. The molecular weight excluding hydrogens is 416 g/mol. The molecule has 0 radical (unpaired) electrons. The van der Waals surface area contributed by atoms with Gasteiger partial charge < -0.3 is 14.4 Å². The Morgan fingerprint density at radius 1 is 1.03 bits per heavy atom. The van der Waals surface area contributed by atoms with Crippen LogP contribution in [0.15, 0.2) is 42.5 Å². The van der Waals surface area contributed by atoms with Crippen LogP contribution in [0.1, 0.15) is 5.56 Å². The first-order valence-electron chi connectivity index (χ1n) is 9.30. The number of sulfone groups is 1. The number of fused-ring (bicyclic) bond motifs is 2. The number of carbonyl (C=O) groups excluding carboxylic acids is 1. The summed E-state index contributed by atoms with van der Waals surface area (Å²) < 4.78 is 35.7. The number of ether oxygens (including phenoxy) is 2. The number of halogens is 1. The zero-order chi connectivity index (χ0) is 20.2. The standard InChI is InChI=1S/C20H19ClN2O5S/c21-14-2-1-3-15(7-14)23-17-11-29(25,26)10-16(17)22(9-20(23)24)8-13-4-5-18-19(6-13)28-12-27-18/h1-7,16-17H,8-12H2. The van der Waals surface area contributed by atoms with Crippen molar-refractivity contribution in [3.05, 3.63) is 53.1 Å².